The average molecular weight is 219 g/mol. The van der Waals surface area contributed by atoms with Crippen LogP contribution >= 0.6 is 0 Å². The van der Waals surface area contributed by atoms with E-state index in [9.17, 15) is 5.11 Å². The van der Waals surface area contributed by atoms with Crippen molar-refractivity contribution in [2.75, 3.05) is 0 Å². The van der Waals surface area contributed by atoms with Crippen molar-refractivity contribution >= 4 is 0 Å². The van der Waals surface area contributed by atoms with Crippen LogP contribution in [0.5, 0.6) is 0 Å². The van der Waals surface area contributed by atoms with Crippen LogP contribution in [0.4, 0.5) is 0 Å². The standard InChI is InChI=1S/C12H17N3O/c1-3-15-8-11(6-13-15)7-14-5-4-12(9-14)10(2)16/h4-6,8-10,16H,3,7H2,1-2H3. The number of hydrogen-bond donors (Lipinski definition) is 1. The Bertz CT molecular complexity index is 456. The lowest BCUT2D eigenvalue weighted by molar-refractivity contribution is 0.199. The molecule has 0 aliphatic rings. The summed E-state index contributed by atoms with van der Waals surface area (Å²) in [5.41, 5.74) is 2.12. The van der Waals surface area contributed by atoms with Gasteiger partial charge >= 0.3 is 0 Å². The molecular weight excluding hydrogens is 202 g/mol. The fourth-order valence-corrected chi connectivity index (χ4v) is 1.68. The molecule has 16 heavy (non-hydrogen) atoms. The zero-order valence-electron chi connectivity index (χ0n) is 9.67. The lowest BCUT2D eigenvalue weighted by Crippen LogP contribution is -1.96. The maximum atomic E-state index is 9.42. The van der Waals surface area contributed by atoms with Gasteiger partial charge in [0.15, 0.2) is 0 Å². The number of aromatic nitrogens is 3. The molecule has 0 saturated heterocycles. The summed E-state index contributed by atoms with van der Waals surface area (Å²) in [6, 6.07) is 1.94. The van der Waals surface area contributed by atoms with Crippen molar-refractivity contribution in [1.29, 1.82) is 0 Å². The highest BCUT2D eigenvalue weighted by Gasteiger charge is 2.04. The molecule has 1 atom stereocenters. The summed E-state index contributed by atoms with van der Waals surface area (Å²) in [6.45, 7) is 5.53. The zero-order valence-corrected chi connectivity index (χ0v) is 9.67. The molecule has 86 valence electrons. The van der Waals surface area contributed by atoms with Crippen LogP contribution in [0.3, 0.4) is 0 Å². The topological polar surface area (TPSA) is 43.0 Å². The van der Waals surface area contributed by atoms with E-state index >= 15 is 0 Å². The maximum absolute atomic E-state index is 9.42. The Balaban J connectivity index is 2.08. The van der Waals surface area contributed by atoms with Gasteiger partial charge in [0, 0.05) is 30.7 Å². The Morgan fingerprint density at radius 2 is 2.25 bits per heavy atom. The van der Waals surface area contributed by atoms with E-state index in [1.165, 1.54) is 5.56 Å². The van der Waals surface area contributed by atoms with Crippen LogP contribution in [0.1, 0.15) is 31.1 Å². The maximum Gasteiger partial charge on any atom is 0.0776 e. The Hall–Kier alpha value is -1.55. The highest BCUT2D eigenvalue weighted by atomic mass is 16.3. The summed E-state index contributed by atoms with van der Waals surface area (Å²) in [5, 5.41) is 13.6. The Morgan fingerprint density at radius 3 is 2.81 bits per heavy atom. The lowest BCUT2D eigenvalue weighted by Gasteiger charge is -2.01. The molecule has 0 aliphatic heterocycles. The van der Waals surface area contributed by atoms with E-state index in [4.69, 9.17) is 0 Å². The molecular formula is C12H17N3O. The Kier molecular flexibility index (Phi) is 3.10. The van der Waals surface area contributed by atoms with E-state index in [0.717, 1.165) is 18.7 Å². The van der Waals surface area contributed by atoms with E-state index < -0.39 is 6.10 Å². The first-order valence-corrected chi connectivity index (χ1v) is 5.54. The highest BCUT2D eigenvalue weighted by Crippen LogP contribution is 2.13. The first-order chi connectivity index (χ1) is 7.69. The molecule has 0 aromatic carbocycles. The molecule has 4 heteroatoms. The van der Waals surface area contributed by atoms with E-state index in [-0.39, 0.29) is 0 Å². The van der Waals surface area contributed by atoms with Crippen LogP contribution in [-0.2, 0) is 13.1 Å². The van der Waals surface area contributed by atoms with Crippen molar-refractivity contribution in [1.82, 2.24) is 14.3 Å². The molecule has 0 spiro atoms. The first-order valence-electron chi connectivity index (χ1n) is 5.54. The molecule has 1 unspecified atom stereocenters. The fraction of sp³-hybridized carbons (Fsp3) is 0.417. The van der Waals surface area contributed by atoms with Crippen LogP contribution < -0.4 is 0 Å². The van der Waals surface area contributed by atoms with Crippen molar-refractivity contribution in [3.05, 3.63) is 42.0 Å². The lowest BCUT2D eigenvalue weighted by atomic mass is 10.2. The quantitative estimate of drug-likeness (QED) is 0.852. The van der Waals surface area contributed by atoms with Gasteiger partial charge in [-0.1, -0.05) is 0 Å². The number of aryl methyl sites for hydroxylation is 1. The summed E-state index contributed by atoms with van der Waals surface area (Å²) in [5.74, 6) is 0. The molecule has 2 heterocycles. The van der Waals surface area contributed by atoms with Gasteiger partial charge in [-0.3, -0.25) is 4.68 Å². The molecule has 4 nitrogen and oxygen atoms in total. The van der Waals surface area contributed by atoms with Gasteiger partial charge in [-0.05, 0) is 25.5 Å². The summed E-state index contributed by atoms with van der Waals surface area (Å²) >= 11 is 0. The summed E-state index contributed by atoms with van der Waals surface area (Å²) < 4.78 is 3.97. The number of aliphatic hydroxyl groups excluding tert-OH is 1. The van der Waals surface area contributed by atoms with E-state index in [0.29, 0.717) is 0 Å². The van der Waals surface area contributed by atoms with Crippen molar-refractivity contribution < 1.29 is 5.11 Å². The van der Waals surface area contributed by atoms with Crippen LogP contribution in [0.25, 0.3) is 0 Å². The van der Waals surface area contributed by atoms with E-state index in [1.54, 1.807) is 6.92 Å². The first kappa shape index (κ1) is 11.0. The summed E-state index contributed by atoms with van der Waals surface area (Å²) in [6.07, 6.45) is 7.46. The van der Waals surface area contributed by atoms with Crippen LogP contribution in [-0.4, -0.2) is 19.5 Å². The van der Waals surface area contributed by atoms with E-state index in [2.05, 4.69) is 16.6 Å². The second-order valence-electron chi connectivity index (χ2n) is 4.00. The summed E-state index contributed by atoms with van der Waals surface area (Å²) in [7, 11) is 0. The summed E-state index contributed by atoms with van der Waals surface area (Å²) in [4.78, 5) is 0. The minimum absolute atomic E-state index is 0.403. The van der Waals surface area contributed by atoms with Gasteiger partial charge in [-0.15, -0.1) is 0 Å². The molecule has 0 bridgehead atoms. The predicted molar refractivity (Wildman–Crippen MR) is 62.1 cm³/mol. The second kappa shape index (κ2) is 4.53. The predicted octanol–water partition coefficient (Wildman–Crippen LogP) is 1.81. The van der Waals surface area contributed by atoms with Crippen molar-refractivity contribution in [3.63, 3.8) is 0 Å². The van der Waals surface area contributed by atoms with Crippen molar-refractivity contribution in [3.8, 4) is 0 Å². The zero-order chi connectivity index (χ0) is 11.5. The number of aliphatic hydroxyl groups is 1. The molecule has 1 N–H and O–H groups in total. The largest absolute Gasteiger partial charge is 0.389 e. The molecule has 0 amide bonds. The number of rotatable bonds is 4. The normalized spacial score (nSPS) is 12.9. The minimum atomic E-state index is -0.403. The van der Waals surface area contributed by atoms with Gasteiger partial charge in [-0.25, -0.2) is 0 Å². The molecule has 0 fully saturated rings. The third kappa shape index (κ3) is 2.33. The van der Waals surface area contributed by atoms with Crippen LogP contribution in [0.15, 0.2) is 30.9 Å². The fourth-order valence-electron chi connectivity index (χ4n) is 1.68. The number of hydrogen-bond acceptors (Lipinski definition) is 2. The van der Waals surface area contributed by atoms with Gasteiger partial charge in [0.05, 0.1) is 18.8 Å². The van der Waals surface area contributed by atoms with Crippen LogP contribution in [0.2, 0.25) is 0 Å². The molecule has 2 aromatic rings. The minimum Gasteiger partial charge on any atom is -0.389 e. The average Bonchev–Trinajstić information content (AvgIpc) is 2.87. The smallest absolute Gasteiger partial charge is 0.0776 e. The Labute approximate surface area is 95.1 Å². The second-order valence-corrected chi connectivity index (χ2v) is 4.00. The van der Waals surface area contributed by atoms with Crippen LogP contribution in [0, 0.1) is 0 Å². The third-order valence-electron chi connectivity index (χ3n) is 2.63. The molecule has 2 aromatic heterocycles. The highest BCUT2D eigenvalue weighted by molar-refractivity contribution is 5.15. The van der Waals surface area contributed by atoms with Gasteiger partial charge < -0.3 is 9.67 Å². The molecule has 2 rings (SSSR count). The SMILES string of the molecule is CCn1cc(Cn2ccc(C(C)O)c2)cn1. The molecule has 0 aliphatic carbocycles. The molecule has 0 radical (unpaired) electrons. The van der Waals surface area contributed by atoms with Gasteiger partial charge in [0.2, 0.25) is 0 Å². The van der Waals surface area contributed by atoms with Gasteiger partial charge in [0.25, 0.3) is 0 Å². The van der Waals surface area contributed by atoms with Crippen molar-refractivity contribution in [2.24, 2.45) is 0 Å². The molecule has 0 saturated carbocycles. The van der Waals surface area contributed by atoms with Crippen molar-refractivity contribution in [2.45, 2.75) is 33.0 Å². The van der Waals surface area contributed by atoms with E-state index in [1.807, 2.05) is 35.5 Å². The third-order valence-corrected chi connectivity index (χ3v) is 2.63. The van der Waals surface area contributed by atoms with Gasteiger partial charge in [-0.2, -0.15) is 5.10 Å². The monoisotopic (exact) mass is 219 g/mol. The van der Waals surface area contributed by atoms with Gasteiger partial charge in [0.1, 0.15) is 0 Å². The number of nitrogens with zero attached hydrogens (tertiary/aromatic N) is 3. The Morgan fingerprint density at radius 1 is 1.44 bits per heavy atom.